The fraction of sp³-hybridized carbons (Fsp3) is 0.0667. The number of nitrogens with one attached hydrogen (secondary N) is 1. The van der Waals surface area contributed by atoms with E-state index >= 15 is 0 Å². The molecule has 114 valence electrons. The molecule has 22 heavy (non-hydrogen) atoms. The zero-order valence-corrected chi connectivity index (χ0v) is 12.9. The Hall–Kier alpha value is -2.24. The Morgan fingerprint density at radius 1 is 1.05 bits per heavy atom. The number of carboxylic acid groups (broad SMARTS) is 1. The van der Waals surface area contributed by atoms with Crippen molar-refractivity contribution < 1.29 is 19.4 Å². The average Bonchev–Trinajstić information content (AvgIpc) is 2.48. The van der Waals surface area contributed by atoms with E-state index in [1.165, 1.54) is 31.4 Å². The molecule has 2 aromatic carbocycles. The molecule has 1 amide bonds. The topological polar surface area (TPSA) is 78.5 Å². The molecule has 0 aromatic heterocycles. The highest BCUT2D eigenvalue weighted by Gasteiger charge is 2.15. The van der Waals surface area contributed by atoms with Crippen molar-refractivity contribution in [1.82, 2.24) is 0 Å². The third-order valence-corrected chi connectivity index (χ3v) is 3.33. The summed E-state index contributed by atoms with van der Waals surface area (Å²) in [6.45, 7) is 0. The second-order valence-electron chi connectivity index (χ2n) is 4.28. The number of anilines is 1. The maximum atomic E-state index is 12.3. The number of amides is 1. The van der Waals surface area contributed by atoms with Crippen molar-refractivity contribution in [2.24, 2.45) is 0 Å². The molecular formula is C15H10Cl2NO4-. The van der Waals surface area contributed by atoms with Gasteiger partial charge in [0.15, 0.2) is 0 Å². The van der Waals surface area contributed by atoms with Gasteiger partial charge in [0.2, 0.25) is 0 Å². The van der Waals surface area contributed by atoms with Crippen LogP contribution in [-0.4, -0.2) is 19.0 Å². The molecule has 0 saturated heterocycles. The molecule has 0 bridgehead atoms. The van der Waals surface area contributed by atoms with E-state index in [2.05, 4.69) is 5.32 Å². The van der Waals surface area contributed by atoms with Crippen LogP contribution in [-0.2, 0) is 0 Å². The number of hydrogen-bond donors (Lipinski definition) is 1. The fourth-order valence-corrected chi connectivity index (χ4v) is 2.19. The van der Waals surface area contributed by atoms with Crippen molar-refractivity contribution in [3.05, 3.63) is 57.6 Å². The van der Waals surface area contributed by atoms with Gasteiger partial charge < -0.3 is 20.0 Å². The third kappa shape index (κ3) is 3.50. The number of halogens is 2. The van der Waals surface area contributed by atoms with E-state index < -0.39 is 11.9 Å². The number of methoxy groups -OCH3 is 1. The summed E-state index contributed by atoms with van der Waals surface area (Å²) in [5, 5.41) is 14.2. The van der Waals surface area contributed by atoms with E-state index in [0.29, 0.717) is 10.8 Å². The molecule has 2 rings (SSSR count). The van der Waals surface area contributed by atoms with Gasteiger partial charge in [-0.05, 0) is 36.4 Å². The van der Waals surface area contributed by atoms with Crippen LogP contribution >= 0.6 is 23.2 Å². The molecule has 0 fully saturated rings. The predicted octanol–water partition coefficient (Wildman–Crippen LogP) is 2.62. The van der Waals surface area contributed by atoms with E-state index in [9.17, 15) is 14.7 Å². The quantitative estimate of drug-likeness (QED) is 0.929. The number of carboxylic acids is 1. The molecule has 0 heterocycles. The van der Waals surface area contributed by atoms with E-state index in [1.54, 1.807) is 12.1 Å². The summed E-state index contributed by atoms with van der Waals surface area (Å²) >= 11 is 11.6. The van der Waals surface area contributed by atoms with Gasteiger partial charge in [-0.25, -0.2) is 0 Å². The Morgan fingerprint density at radius 2 is 1.64 bits per heavy atom. The average molecular weight is 339 g/mol. The lowest BCUT2D eigenvalue weighted by molar-refractivity contribution is -0.254. The van der Waals surface area contributed by atoms with Crippen LogP contribution in [0.25, 0.3) is 0 Å². The van der Waals surface area contributed by atoms with Gasteiger partial charge in [-0.3, -0.25) is 4.79 Å². The normalized spacial score (nSPS) is 10.1. The van der Waals surface area contributed by atoms with Crippen molar-refractivity contribution in [3.8, 4) is 5.75 Å². The Morgan fingerprint density at radius 3 is 2.23 bits per heavy atom. The summed E-state index contributed by atoms with van der Waals surface area (Å²) < 4.78 is 5.09. The highest BCUT2D eigenvalue weighted by Crippen LogP contribution is 2.25. The van der Waals surface area contributed by atoms with Crippen molar-refractivity contribution in [2.75, 3.05) is 12.4 Å². The van der Waals surface area contributed by atoms with Crippen LogP contribution in [0.3, 0.4) is 0 Å². The van der Waals surface area contributed by atoms with Crippen LogP contribution in [0.1, 0.15) is 20.7 Å². The lowest BCUT2D eigenvalue weighted by Gasteiger charge is -2.14. The number of carbonyl (C=O) groups is 2. The Bertz CT molecular complexity index is 746. The number of ether oxygens (including phenoxy) is 1. The molecule has 0 aliphatic rings. The summed E-state index contributed by atoms with van der Waals surface area (Å²) in [6.07, 6.45) is 0. The lowest BCUT2D eigenvalue weighted by atomic mass is 10.1. The zero-order valence-electron chi connectivity index (χ0n) is 11.4. The molecule has 0 spiro atoms. The monoisotopic (exact) mass is 338 g/mol. The second-order valence-corrected chi connectivity index (χ2v) is 5.15. The van der Waals surface area contributed by atoms with E-state index in [0.717, 1.165) is 0 Å². The van der Waals surface area contributed by atoms with Crippen LogP contribution in [0.4, 0.5) is 5.69 Å². The molecule has 0 unspecified atom stereocenters. The van der Waals surface area contributed by atoms with Crippen LogP contribution < -0.4 is 15.2 Å². The SMILES string of the molecule is COc1ccc(Cl)cc1C(=O)Nc1ccc(Cl)cc1C(=O)[O-]. The van der Waals surface area contributed by atoms with Crippen molar-refractivity contribution in [2.45, 2.75) is 0 Å². The van der Waals surface area contributed by atoms with Crippen LogP contribution in [0.2, 0.25) is 10.0 Å². The van der Waals surface area contributed by atoms with Gasteiger partial charge >= 0.3 is 0 Å². The molecule has 0 aliphatic carbocycles. The molecule has 2 aromatic rings. The summed E-state index contributed by atoms with van der Waals surface area (Å²) in [5.41, 5.74) is 0.0209. The minimum absolute atomic E-state index is 0.0661. The molecule has 7 heteroatoms. The summed E-state index contributed by atoms with van der Waals surface area (Å²) in [6, 6.07) is 8.57. The first-order valence-electron chi connectivity index (χ1n) is 6.08. The predicted molar refractivity (Wildman–Crippen MR) is 81.7 cm³/mol. The maximum Gasteiger partial charge on any atom is 0.259 e. The highest BCUT2D eigenvalue weighted by molar-refractivity contribution is 6.31. The standard InChI is InChI=1S/C15H11Cl2NO4/c1-22-13-5-3-9(17)7-11(13)14(19)18-12-4-2-8(16)6-10(12)15(20)21/h2-7H,1H3,(H,18,19)(H,20,21)/p-1. The van der Waals surface area contributed by atoms with E-state index in [-0.39, 0.29) is 21.8 Å². The Balaban J connectivity index is 2.38. The largest absolute Gasteiger partial charge is 0.545 e. The van der Waals surface area contributed by atoms with Crippen LogP contribution in [0, 0.1) is 0 Å². The maximum absolute atomic E-state index is 12.3. The van der Waals surface area contributed by atoms with Gasteiger partial charge in [-0.1, -0.05) is 23.2 Å². The summed E-state index contributed by atoms with van der Waals surface area (Å²) in [5.74, 6) is -1.70. The molecule has 0 aliphatic heterocycles. The van der Waals surface area contributed by atoms with Crippen molar-refractivity contribution in [1.29, 1.82) is 0 Å². The first kappa shape index (κ1) is 16.1. The molecule has 1 N–H and O–H groups in total. The van der Waals surface area contributed by atoms with E-state index in [4.69, 9.17) is 27.9 Å². The number of carbonyl (C=O) groups excluding carboxylic acids is 2. The van der Waals surface area contributed by atoms with Gasteiger partial charge in [-0.15, -0.1) is 0 Å². The van der Waals surface area contributed by atoms with E-state index in [1.807, 2.05) is 0 Å². The van der Waals surface area contributed by atoms with Crippen LogP contribution in [0.15, 0.2) is 36.4 Å². The van der Waals surface area contributed by atoms with Crippen molar-refractivity contribution in [3.63, 3.8) is 0 Å². The van der Waals surface area contributed by atoms with Crippen LogP contribution in [0.5, 0.6) is 5.75 Å². The lowest BCUT2D eigenvalue weighted by Crippen LogP contribution is -2.25. The summed E-state index contributed by atoms with van der Waals surface area (Å²) in [7, 11) is 1.41. The second kappa shape index (κ2) is 6.68. The molecule has 0 atom stereocenters. The number of rotatable bonds is 4. The summed E-state index contributed by atoms with van der Waals surface area (Å²) in [4.78, 5) is 23.4. The molecule has 0 radical (unpaired) electrons. The number of hydrogen-bond acceptors (Lipinski definition) is 4. The van der Waals surface area contributed by atoms with Gasteiger partial charge in [0, 0.05) is 15.6 Å². The molecular weight excluding hydrogens is 329 g/mol. The smallest absolute Gasteiger partial charge is 0.259 e. The zero-order chi connectivity index (χ0) is 16.3. The van der Waals surface area contributed by atoms with Gasteiger partial charge in [0.05, 0.1) is 24.3 Å². The number of benzene rings is 2. The number of aromatic carboxylic acids is 1. The first-order valence-corrected chi connectivity index (χ1v) is 6.83. The first-order chi connectivity index (χ1) is 10.4. The third-order valence-electron chi connectivity index (χ3n) is 2.86. The van der Waals surface area contributed by atoms with Gasteiger partial charge in [-0.2, -0.15) is 0 Å². The molecule has 0 saturated carbocycles. The van der Waals surface area contributed by atoms with Crippen molar-refractivity contribution >= 4 is 40.8 Å². The Labute approximate surface area is 136 Å². The van der Waals surface area contributed by atoms with Gasteiger partial charge in [0.25, 0.3) is 5.91 Å². The van der Waals surface area contributed by atoms with Gasteiger partial charge in [0.1, 0.15) is 5.75 Å². The minimum Gasteiger partial charge on any atom is -0.545 e. The highest BCUT2D eigenvalue weighted by atomic mass is 35.5. The molecule has 5 nitrogen and oxygen atoms in total. The minimum atomic E-state index is -1.45. The fourth-order valence-electron chi connectivity index (χ4n) is 1.84. The Kier molecular flexibility index (Phi) is 4.90.